The number of benzene rings is 1. The van der Waals surface area contributed by atoms with Gasteiger partial charge in [0.25, 0.3) is 0 Å². The Kier molecular flexibility index (Phi) is 2.39. The number of hydrogen-bond acceptors (Lipinski definition) is 2. The highest BCUT2D eigenvalue weighted by Gasteiger charge is 2.42. The van der Waals surface area contributed by atoms with Crippen LogP contribution in [0.25, 0.3) is 0 Å². The van der Waals surface area contributed by atoms with Gasteiger partial charge in [0.1, 0.15) is 11.2 Å². The third-order valence-electron chi connectivity index (χ3n) is 3.00. The summed E-state index contributed by atoms with van der Waals surface area (Å²) in [5, 5.41) is 0.0978. The van der Waals surface area contributed by atoms with Gasteiger partial charge in [-0.2, -0.15) is 0 Å². The van der Waals surface area contributed by atoms with E-state index in [1.165, 1.54) is 12.1 Å². The summed E-state index contributed by atoms with van der Waals surface area (Å²) in [7, 11) is 0. The number of rotatable bonds is 2. The molecule has 1 aromatic carbocycles. The van der Waals surface area contributed by atoms with Crippen LogP contribution < -0.4 is 0 Å². The Morgan fingerprint density at radius 3 is 2.56 bits per heavy atom. The van der Waals surface area contributed by atoms with Gasteiger partial charge in [0, 0.05) is 6.04 Å². The molecule has 2 fully saturated rings. The fraction of sp³-hybridized carbons (Fsp3) is 0.417. The highest BCUT2D eigenvalue weighted by atomic mass is 32.2. The molecule has 1 aromatic rings. The van der Waals surface area contributed by atoms with Crippen molar-refractivity contribution in [3.8, 4) is 0 Å². The normalized spacial score (nSPS) is 25.2. The van der Waals surface area contributed by atoms with Crippen molar-refractivity contribution < 1.29 is 9.18 Å². The lowest BCUT2D eigenvalue weighted by Gasteiger charge is -2.23. The number of carbonyl (C=O) groups is 1. The van der Waals surface area contributed by atoms with Gasteiger partial charge in [-0.05, 0) is 30.5 Å². The van der Waals surface area contributed by atoms with Crippen molar-refractivity contribution in [1.82, 2.24) is 4.90 Å². The van der Waals surface area contributed by atoms with Crippen LogP contribution in [0.4, 0.5) is 4.39 Å². The van der Waals surface area contributed by atoms with E-state index in [0.717, 1.165) is 18.4 Å². The molecule has 1 aliphatic heterocycles. The summed E-state index contributed by atoms with van der Waals surface area (Å²) < 4.78 is 12.8. The fourth-order valence-electron chi connectivity index (χ4n) is 2.07. The summed E-state index contributed by atoms with van der Waals surface area (Å²) in [6.07, 6.45) is 2.23. The molecule has 1 heterocycles. The van der Waals surface area contributed by atoms with E-state index in [2.05, 4.69) is 0 Å². The van der Waals surface area contributed by atoms with Crippen molar-refractivity contribution in [2.75, 3.05) is 5.75 Å². The van der Waals surface area contributed by atoms with Crippen molar-refractivity contribution >= 4 is 17.7 Å². The van der Waals surface area contributed by atoms with E-state index in [1.807, 2.05) is 4.90 Å². The fourth-order valence-corrected chi connectivity index (χ4v) is 3.32. The summed E-state index contributed by atoms with van der Waals surface area (Å²) in [6.45, 7) is 0. The quantitative estimate of drug-likeness (QED) is 0.788. The maximum Gasteiger partial charge on any atom is 0.234 e. The Balaban J connectivity index is 1.88. The van der Waals surface area contributed by atoms with Crippen LogP contribution in [-0.2, 0) is 4.79 Å². The van der Waals surface area contributed by atoms with Crippen molar-refractivity contribution in [1.29, 1.82) is 0 Å². The van der Waals surface area contributed by atoms with Gasteiger partial charge in [0.05, 0.1) is 5.75 Å². The van der Waals surface area contributed by atoms with Crippen LogP contribution in [0, 0.1) is 5.82 Å². The number of halogens is 1. The first kappa shape index (κ1) is 10.1. The Labute approximate surface area is 97.8 Å². The van der Waals surface area contributed by atoms with Crippen LogP contribution in [-0.4, -0.2) is 22.6 Å². The lowest BCUT2D eigenvalue weighted by molar-refractivity contribution is -0.128. The molecule has 4 heteroatoms. The summed E-state index contributed by atoms with van der Waals surface area (Å²) in [6, 6.07) is 6.91. The Bertz CT molecular complexity index is 416. The zero-order valence-electron chi connectivity index (χ0n) is 8.73. The van der Waals surface area contributed by atoms with Gasteiger partial charge in [-0.1, -0.05) is 12.1 Å². The molecule has 0 N–H and O–H groups in total. The van der Waals surface area contributed by atoms with Crippen LogP contribution in [0.15, 0.2) is 24.3 Å². The second kappa shape index (κ2) is 3.77. The van der Waals surface area contributed by atoms with E-state index in [1.54, 1.807) is 23.9 Å². The van der Waals surface area contributed by atoms with Gasteiger partial charge in [-0.15, -0.1) is 11.8 Å². The molecule has 1 saturated carbocycles. The highest BCUT2D eigenvalue weighted by Crippen LogP contribution is 2.45. The second-order valence-corrected chi connectivity index (χ2v) is 5.32. The van der Waals surface area contributed by atoms with Crippen LogP contribution in [0.5, 0.6) is 0 Å². The lowest BCUT2D eigenvalue weighted by Crippen LogP contribution is -2.30. The molecule has 2 aliphatic rings. The predicted molar refractivity (Wildman–Crippen MR) is 61.5 cm³/mol. The van der Waals surface area contributed by atoms with Gasteiger partial charge in [-0.3, -0.25) is 4.79 Å². The topological polar surface area (TPSA) is 20.3 Å². The van der Waals surface area contributed by atoms with E-state index >= 15 is 0 Å². The third-order valence-corrected chi connectivity index (χ3v) is 4.23. The van der Waals surface area contributed by atoms with E-state index in [0.29, 0.717) is 11.8 Å². The summed E-state index contributed by atoms with van der Waals surface area (Å²) >= 11 is 1.64. The first-order valence-electron chi connectivity index (χ1n) is 5.44. The molecular weight excluding hydrogens is 225 g/mol. The lowest BCUT2D eigenvalue weighted by atomic mass is 10.2. The van der Waals surface area contributed by atoms with E-state index in [-0.39, 0.29) is 17.1 Å². The molecule has 1 atom stereocenters. The third kappa shape index (κ3) is 1.71. The molecule has 3 rings (SSSR count). The van der Waals surface area contributed by atoms with Crippen molar-refractivity contribution in [3.05, 3.63) is 35.6 Å². The molecule has 16 heavy (non-hydrogen) atoms. The van der Waals surface area contributed by atoms with Crippen LogP contribution in [0.2, 0.25) is 0 Å². The molecule has 0 bridgehead atoms. The van der Waals surface area contributed by atoms with Crippen molar-refractivity contribution in [2.45, 2.75) is 24.3 Å². The molecule has 1 aliphatic carbocycles. The molecule has 1 amide bonds. The molecular formula is C12H12FNOS. The van der Waals surface area contributed by atoms with Gasteiger partial charge in [0.2, 0.25) is 5.91 Å². The Morgan fingerprint density at radius 2 is 1.94 bits per heavy atom. The molecule has 2 nitrogen and oxygen atoms in total. The minimum Gasteiger partial charge on any atom is -0.323 e. The smallest absolute Gasteiger partial charge is 0.234 e. The minimum atomic E-state index is -0.226. The van der Waals surface area contributed by atoms with Crippen LogP contribution >= 0.6 is 11.8 Å². The summed E-state index contributed by atoms with van der Waals surface area (Å²) in [4.78, 5) is 13.7. The average molecular weight is 237 g/mol. The first-order chi connectivity index (χ1) is 7.75. The number of carbonyl (C=O) groups excluding carboxylic acids is 1. The first-order valence-corrected chi connectivity index (χ1v) is 6.49. The molecule has 0 unspecified atom stereocenters. The van der Waals surface area contributed by atoms with Crippen LogP contribution in [0.1, 0.15) is 23.8 Å². The van der Waals surface area contributed by atoms with Crippen molar-refractivity contribution in [3.63, 3.8) is 0 Å². The zero-order valence-corrected chi connectivity index (χ0v) is 9.54. The maximum absolute atomic E-state index is 12.8. The molecule has 84 valence electrons. The molecule has 0 spiro atoms. The number of hydrogen-bond donors (Lipinski definition) is 0. The minimum absolute atomic E-state index is 0.0978. The molecule has 0 radical (unpaired) electrons. The van der Waals surface area contributed by atoms with Gasteiger partial charge in [0.15, 0.2) is 0 Å². The highest BCUT2D eigenvalue weighted by molar-refractivity contribution is 8.00. The van der Waals surface area contributed by atoms with Gasteiger partial charge in [-0.25, -0.2) is 4.39 Å². The summed E-state index contributed by atoms with van der Waals surface area (Å²) in [5.74, 6) is 0.552. The number of thioether (sulfide) groups is 1. The number of amides is 1. The van der Waals surface area contributed by atoms with E-state index in [4.69, 9.17) is 0 Å². The van der Waals surface area contributed by atoms with Gasteiger partial charge < -0.3 is 4.90 Å². The van der Waals surface area contributed by atoms with Crippen molar-refractivity contribution in [2.24, 2.45) is 0 Å². The molecule has 1 saturated heterocycles. The molecule has 0 aromatic heterocycles. The Morgan fingerprint density at radius 1 is 1.25 bits per heavy atom. The second-order valence-electron chi connectivity index (χ2n) is 4.25. The standard InChI is InChI=1S/C12H12FNOS/c13-9-3-1-8(2-4-9)12-14(10-5-6-10)11(15)7-16-12/h1-4,10,12H,5-7H2/t12-/m1/s1. The van der Waals surface area contributed by atoms with E-state index < -0.39 is 0 Å². The predicted octanol–water partition coefficient (Wildman–Crippen LogP) is 2.56. The van der Waals surface area contributed by atoms with Crippen LogP contribution in [0.3, 0.4) is 0 Å². The van der Waals surface area contributed by atoms with E-state index in [9.17, 15) is 9.18 Å². The zero-order chi connectivity index (χ0) is 11.1. The average Bonchev–Trinajstić information content (AvgIpc) is 3.04. The number of nitrogens with zero attached hydrogens (tertiary/aromatic N) is 1. The monoisotopic (exact) mass is 237 g/mol. The largest absolute Gasteiger partial charge is 0.323 e. The van der Waals surface area contributed by atoms with Gasteiger partial charge >= 0.3 is 0 Å². The summed E-state index contributed by atoms with van der Waals surface area (Å²) in [5.41, 5.74) is 1.03. The Hall–Kier alpha value is -1.03. The maximum atomic E-state index is 12.8. The SMILES string of the molecule is O=C1CS[C@H](c2ccc(F)cc2)N1C1CC1.